The molecular weight excluding hydrogens is 232 g/mol. The molecule has 1 aromatic rings. The molecular formula is C12H14N4O2. The lowest BCUT2D eigenvalue weighted by atomic mass is 10.1. The lowest BCUT2D eigenvalue weighted by Gasteiger charge is -2.15. The number of carbonyl (C=O) groups excluding carboxylic acids is 2. The molecule has 6 heteroatoms. The highest BCUT2D eigenvalue weighted by Gasteiger charge is 2.23. The number of nitrogens with one attached hydrogen (secondary N) is 3. The summed E-state index contributed by atoms with van der Waals surface area (Å²) >= 11 is 0. The number of benzene rings is 1. The number of hydrogen-bond donors (Lipinski definition) is 4. The maximum atomic E-state index is 11.3. The van der Waals surface area contributed by atoms with Crippen LogP contribution in [0.5, 0.6) is 0 Å². The first-order valence-electron chi connectivity index (χ1n) is 5.87. The molecule has 5 N–H and O–H groups in total. The summed E-state index contributed by atoms with van der Waals surface area (Å²) in [5.41, 5.74) is 9.03. The van der Waals surface area contributed by atoms with E-state index in [0.29, 0.717) is 25.1 Å². The van der Waals surface area contributed by atoms with E-state index in [1.165, 1.54) is 0 Å². The summed E-state index contributed by atoms with van der Waals surface area (Å²) in [7, 11) is 0. The monoisotopic (exact) mass is 246 g/mol. The third kappa shape index (κ3) is 1.85. The van der Waals surface area contributed by atoms with Gasteiger partial charge < -0.3 is 21.7 Å². The average molecular weight is 246 g/mol. The van der Waals surface area contributed by atoms with Crippen molar-refractivity contribution in [3.63, 3.8) is 0 Å². The Hall–Kier alpha value is -2.24. The van der Waals surface area contributed by atoms with Crippen LogP contribution in [0.15, 0.2) is 12.1 Å². The molecule has 0 aromatic heterocycles. The third-order valence-corrected chi connectivity index (χ3v) is 3.24. The highest BCUT2D eigenvalue weighted by atomic mass is 16.2. The second-order valence-corrected chi connectivity index (χ2v) is 4.67. The lowest BCUT2D eigenvalue weighted by molar-refractivity contribution is -0.119. The minimum atomic E-state index is -0.0146. The van der Waals surface area contributed by atoms with Gasteiger partial charge in [0.25, 0.3) is 0 Å². The first-order valence-corrected chi connectivity index (χ1v) is 5.87. The van der Waals surface area contributed by atoms with Crippen LogP contribution in [0.25, 0.3) is 0 Å². The number of fused-ring (bicyclic) bond motifs is 1. The van der Waals surface area contributed by atoms with E-state index in [1.807, 2.05) is 6.07 Å². The van der Waals surface area contributed by atoms with Gasteiger partial charge in [0.05, 0.1) is 23.8 Å². The Morgan fingerprint density at radius 3 is 2.83 bits per heavy atom. The van der Waals surface area contributed by atoms with E-state index in [9.17, 15) is 9.59 Å². The molecule has 94 valence electrons. The molecule has 1 atom stereocenters. The van der Waals surface area contributed by atoms with Crippen molar-refractivity contribution in [3.05, 3.63) is 17.7 Å². The van der Waals surface area contributed by atoms with Gasteiger partial charge in [-0.25, -0.2) is 0 Å². The van der Waals surface area contributed by atoms with Gasteiger partial charge in [-0.15, -0.1) is 0 Å². The molecule has 1 fully saturated rings. The van der Waals surface area contributed by atoms with Crippen molar-refractivity contribution in [2.45, 2.75) is 18.9 Å². The SMILES string of the molecule is Nc1cc2c(cc1NC1CNC(=O)C1)NC(=O)C2. The number of rotatable bonds is 2. The minimum absolute atomic E-state index is 0.0146. The van der Waals surface area contributed by atoms with Crippen LogP contribution in [-0.2, 0) is 16.0 Å². The molecule has 0 radical (unpaired) electrons. The molecule has 2 aliphatic heterocycles. The van der Waals surface area contributed by atoms with Gasteiger partial charge in [0.1, 0.15) is 0 Å². The highest BCUT2D eigenvalue weighted by molar-refractivity contribution is 6.00. The zero-order valence-electron chi connectivity index (χ0n) is 9.75. The van der Waals surface area contributed by atoms with E-state index < -0.39 is 0 Å². The number of amides is 2. The predicted octanol–water partition coefficient (Wildman–Crippen LogP) is 0.0638. The van der Waals surface area contributed by atoms with Crippen molar-refractivity contribution >= 4 is 28.9 Å². The molecule has 2 aliphatic rings. The second-order valence-electron chi connectivity index (χ2n) is 4.67. The number of nitrogen functional groups attached to an aromatic ring is 1. The van der Waals surface area contributed by atoms with Crippen molar-refractivity contribution < 1.29 is 9.59 Å². The molecule has 3 rings (SSSR count). The average Bonchev–Trinajstić information content (AvgIpc) is 2.85. The summed E-state index contributed by atoms with van der Waals surface area (Å²) in [6.07, 6.45) is 0.826. The zero-order valence-corrected chi connectivity index (χ0v) is 9.75. The molecule has 0 aliphatic carbocycles. The Morgan fingerprint density at radius 2 is 2.11 bits per heavy atom. The fourth-order valence-corrected chi connectivity index (χ4v) is 2.35. The van der Waals surface area contributed by atoms with Gasteiger partial charge in [-0.2, -0.15) is 0 Å². The maximum Gasteiger partial charge on any atom is 0.228 e. The molecule has 0 saturated carbocycles. The first kappa shape index (κ1) is 10.9. The summed E-state index contributed by atoms with van der Waals surface area (Å²) in [5, 5.41) is 8.76. The molecule has 1 unspecified atom stereocenters. The molecule has 0 spiro atoms. The number of hydrogen-bond acceptors (Lipinski definition) is 4. The first-order chi connectivity index (χ1) is 8.61. The van der Waals surface area contributed by atoms with Gasteiger partial charge in [0.2, 0.25) is 11.8 Å². The molecule has 1 aromatic carbocycles. The number of carbonyl (C=O) groups is 2. The summed E-state index contributed by atoms with van der Waals surface area (Å²) in [5.74, 6) is 0.0276. The minimum Gasteiger partial charge on any atom is -0.397 e. The smallest absolute Gasteiger partial charge is 0.228 e. The Labute approximate surface area is 104 Å². The summed E-state index contributed by atoms with van der Waals surface area (Å²) in [4.78, 5) is 22.4. The van der Waals surface area contributed by atoms with Crippen molar-refractivity contribution in [1.29, 1.82) is 0 Å². The van der Waals surface area contributed by atoms with Crippen LogP contribution in [0.2, 0.25) is 0 Å². The topological polar surface area (TPSA) is 96.2 Å². The third-order valence-electron chi connectivity index (χ3n) is 3.24. The Bertz CT molecular complexity index is 541. The van der Waals surface area contributed by atoms with Gasteiger partial charge in [-0.1, -0.05) is 0 Å². The van der Waals surface area contributed by atoms with Gasteiger partial charge in [0.15, 0.2) is 0 Å². The van der Waals surface area contributed by atoms with Crippen LogP contribution in [0.3, 0.4) is 0 Å². The van der Waals surface area contributed by atoms with Crippen LogP contribution >= 0.6 is 0 Å². The van der Waals surface area contributed by atoms with Crippen LogP contribution in [0, 0.1) is 0 Å². The lowest BCUT2D eigenvalue weighted by Crippen LogP contribution is -2.22. The molecule has 18 heavy (non-hydrogen) atoms. The van der Waals surface area contributed by atoms with Crippen LogP contribution in [0.4, 0.5) is 17.1 Å². The van der Waals surface area contributed by atoms with Crippen molar-refractivity contribution in [2.75, 3.05) is 22.9 Å². The quantitative estimate of drug-likeness (QED) is 0.555. The molecule has 1 saturated heterocycles. The maximum absolute atomic E-state index is 11.3. The van der Waals surface area contributed by atoms with Crippen molar-refractivity contribution in [1.82, 2.24) is 5.32 Å². The zero-order chi connectivity index (χ0) is 12.7. The van der Waals surface area contributed by atoms with E-state index in [4.69, 9.17) is 5.73 Å². The second kappa shape index (κ2) is 3.90. The molecule has 6 nitrogen and oxygen atoms in total. The molecule has 0 bridgehead atoms. The van der Waals surface area contributed by atoms with Crippen molar-refractivity contribution in [2.24, 2.45) is 0 Å². The number of nitrogens with two attached hydrogens (primary N) is 1. The highest BCUT2D eigenvalue weighted by Crippen LogP contribution is 2.32. The summed E-state index contributed by atoms with van der Waals surface area (Å²) < 4.78 is 0. The molecule has 2 heterocycles. The van der Waals surface area contributed by atoms with E-state index in [-0.39, 0.29) is 17.9 Å². The summed E-state index contributed by atoms with van der Waals surface area (Å²) in [6.45, 7) is 0.599. The molecule has 2 amide bonds. The normalized spacial score (nSPS) is 21.4. The van der Waals surface area contributed by atoms with Gasteiger partial charge in [-0.05, 0) is 17.7 Å². The van der Waals surface area contributed by atoms with Crippen LogP contribution in [0.1, 0.15) is 12.0 Å². The van der Waals surface area contributed by atoms with E-state index in [2.05, 4.69) is 16.0 Å². The van der Waals surface area contributed by atoms with Crippen LogP contribution < -0.4 is 21.7 Å². The largest absolute Gasteiger partial charge is 0.397 e. The van der Waals surface area contributed by atoms with Gasteiger partial charge in [-0.3, -0.25) is 9.59 Å². The van der Waals surface area contributed by atoms with Crippen molar-refractivity contribution in [3.8, 4) is 0 Å². The van der Waals surface area contributed by atoms with E-state index in [1.54, 1.807) is 6.07 Å². The van der Waals surface area contributed by atoms with E-state index >= 15 is 0 Å². The Balaban J connectivity index is 1.83. The van der Waals surface area contributed by atoms with Crippen LogP contribution in [-0.4, -0.2) is 24.4 Å². The van der Waals surface area contributed by atoms with E-state index in [0.717, 1.165) is 16.9 Å². The predicted molar refractivity (Wildman–Crippen MR) is 68.2 cm³/mol. The van der Waals surface area contributed by atoms with Gasteiger partial charge in [0, 0.05) is 18.7 Å². The fourth-order valence-electron chi connectivity index (χ4n) is 2.35. The fraction of sp³-hybridized carbons (Fsp3) is 0.333. The van der Waals surface area contributed by atoms with Gasteiger partial charge >= 0.3 is 0 Å². The standard InChI is InChI=1S/C12H14N4O2/c13-8-1-6-2-12(18)16-9(6)4-10(8)15-7-3-11(17)14-5-7/h1,4,7,15H,2-3,5,13H2,(H,14,17)(H,16,18). The Kier molecular flexibility index (Phi) is 2.36. The Morgan fingerprint density at radius 1 is 1.28 bits per heavy atom. The summed E-state index contributed by atoms with van der Waals surface area (Å²) in [6, 6.07) is 3.69. The number of anilines is 3.